The lowest BCUT2D eigenvalue weighted by Crippen LogP contribution is -1.84. The topological polar surface area (TPSA) is 23.8 Å². The van der Waals surface area contributed by atoms with Gasteiger partial charge in [-0.25, -0.2) is 0 Å². The maximum atomic E-state index is 8.86. The second-order valence-electron chi connectivity index (χ2n) is 4.22. The van der Waals surface area contributed by atoms with Gasteiger partial charge in [-0.15, -0.1) is 0 Å². The van der Waals surface area contributed by atoms with Gasteiger partial charge in [0.2, 0.25) is 0 Å². The molecule has 0 aliphatic heterocycles. The van der Waals surface area contributed by atoms with E-state index in [2.05, 4.69) is 43.3 Å². The molecule has 1 aromatic rings. The molecule has 1 heteroatoms. The molecule has 0 saturated carbocycles. The Morgan fingerprint density at radius 1 is 1.00 bits per heavy atom. The first kappa shape index (κ1) is 14.3. The monoisotopic (exact) mass is 239 g/mol. The summed E-state index contributed by atoms with van der Waals surface area (Å²) in [4.78, 5) is 0. The van der Waals surface area contributed by atoms with Crippen LogP contribution < -0.4 is 0 Å². The minimum absolute atomic E-state index is 0.891. The van der Waals surface area contributed by atoms with Crippen molar-refractivity contribution < 1.29 is 0 Å². The quantitative estimate of drug-likeness (QED) is 0.673. The summed E-state index contributed by atoms with van der Waals surface area (Å²) in [5, 5.41) is 8.86. The summed E-state index contributed by atoms with van der Waals surface area (Å²) in [6.07, 6.45) is 7.09. The molecule has 1 aliphatic rings. The fraction of sp³-hybridized carbons (Fsp3) is 0.353. The molecule has 0 unspecified atom stereocenters. The van der Waals surface area contributed by atoms with Crippen molar-refractivity contribution in [3.05, 3.63) is 53.1 Å². The lowest BCUT2D eigenvalue weighted by molar-refractivity contribution is 0.866. The molecule has 94 valence electrons. The van der Waals surface area contributed by atoms with E-state index in [-0.39, 0.29) is 0 Å². The van der Waals surface area contributed by atoms with E-state index >= 15 is 0 Å². The number of rotatable bonds is 1. The minimum atomic E-state index is 0.891. The van der Waals surface area contributed by atoms with E-state index in [1.54, 1.807) is 0 Å². The number of allylic oxidation sites excluding steroid dienone is 4. The van der Waals surface area contributed by atoms with Gasteiger partial charge in [-0.3, -0.25) is 0 Å². The molecule has 1 aliphatic carbocycles. The average Bonchev–Trinajstić information content (AvgIpc) is 2.67. The van der Waals surface area contributed by atoms with Crippen LogP contribution in [0.3, 0.4) is 0 Å². The SMILES string of the molecule is CC.Cc1ccc(C2=CC=C(C#N)CCC2)cc1. The molecule has 0 aromatic heterocycles. The molecule has 0 amide bonds. The van der Waals surface area contributed by atoms with Crippen LogP contribution in [0.4, 0.5) is 0 Å². The molecule has 0 N–H and O–H groups in total. The number of benzene rings is 1. The van der Waals surface area contributed by atoms with E-state index < -0.39 is 0 Å². The summed E-state index contributed by atoms with van der Waals surface area (Å²) in [6.45, 7) is 6.10. The molecule has 0 atom stereocenters. The van der Waals surface area contributed by atoms with E-state index in [1.165, 1.54) is 16.7 Å². The lowest BCUT2D eigenvalue weighted by Gasteiger charge is -2.05. The van der Waals surface area contributed by atoms with Gasteiger partial charge in [0.1, 0.15) is 0 Å². The zero-order valence-corrected chi connectivity index (χ0v) is 11.5. The Morgan fingerprint density at radius 3 is 2.28 bits per heavy atom. The zero-order valence-electron chi connectivity index (χ0n) is 11.5. The maximum absolute atomic E-state index is 8.86. The van der Waals surface area contributed by atoms with Crippen LogP contribution in [0, 0.1) is 18.3 Å². The van der Waals surface area contributed by atoms with Gasteiger partial charge < -0.3 is 0 Å². The van der Waals surface area contributed by atoms with Crippen LogP contribution in [0.5, 0.6) is 0 Å². The minimum Gasteiger partial charge on any atom is -0.193 e. The van der Waals surface area contributed by atoms with E-state index in [0.717, 1.165) is 24.8 Å². The summed E-state index contributed by atoms with van der Waals surface area (Å²) in [5.41, 5.74) is 4.79. The number of nitriles is 1. The van der Waals surface area contributed by atoms with E-state index in [9.17, 15) is 0 Å². The first-order valence-electron chi connectivity index (χ1n) is 6.66. The predicted molar refractivity (Wildman–Crippen MR) is 78.1 cm³/mol. The normalized spacial score (nSPS) is 14.3. The van der Waals surface area contributed by atoms with Gasteiger partial charge in [-0.05, 0) is 43.4 Å². The highest BCUT2D eigenvalue weighted by atomic mass is 14.2. The highest BCUT2D eigenvalue weighted by Gasteiger charge is 2.06. The van der Waals surface area contributed by atoms with Gasteiger partial charge in [-0.1, -0.05) is 49.8 Å². The largest absolute Gasteiger partial charge is 0.193 e. The molecule has 2 rings (SSSR count). The van der Waals surface area contributed by atoms with Crippen LogP contribution in [0.1, 0.15) is 44.2 Å². The van der Waals surface area contributed by atoms with E-state index in [0.29, 0.717) is 0 Å². The van der Waals surface area contributed by atoms with E-state index in [1.807, 2.05) is 19.9 Å². The van der Waals surface area contributed by atoms with Crippen molar-refractivity contribution in [1.82, 2.24) is 0 Å². The molecule has 0 saturated heterocycles. The van der Waals surface area contributed by atoms with Crippen LogP contribution in [-0.2, 0) is 0 Å². The average molecular weight is 239 g/mol. The molecule has 0 bridgehead atoms. The predicted octanol–water partition coefficient (Wildman–Crippen LogP) is 5.04. The Morgan fingerprint density at radius 2 is 1.67 bits per heavy atom. The van der Waals surface area contributed by atoms with Crippen LogP contribution in [0.2, 0.25) is 0 Å². The molecular formula is C17H21N. The first-order chi connectivity index (χ1) is 8.79. The van der Waals surface area contributed by atoms with E-state index in [4.69, 9.17) is 5.26 Å². The third-order valence-electron chi connectivity index (χ3n) is 2.94. The Kier molecular flexibility index (Phi) is 5.94. The van der Waals surface area contributed by atoms with Crippen LogP contribution in [0.15, 0.2) is 42.0 Å². The summed E-state index contributed by atoms with van der Waals surface area (Å²) in [5.74, 6) is 0. The Labute approximate surface area is 110 Å². The van der Waals surface area contributed by atoms with Gasteiger partial charge in [-0.2, -0.15) is 5.26 Å². The van der Waals surface area contributed by atoms with Crippen LogP contribution in [-0.4, -0.2) is 0 Å². The lowest BCUT2D eigenvalue weighted by atomic mass is 10.00. The molecule has 1 aromatic carbocycles. The smallest absolute Gasteiger partial charge is 0.0947 e. The Balaban J connectivity index is 0.000000771. The van der Waals surface area contributed by atoms with Crippen LogP contribution >= 0.6 is 0 Å². The van der Waals surface area contributed by atoms with Gasteiger partial charge in [0.15, 0.2) is 0 Å². The molecular weight excluding hydrogens is 218 g/mol. The van der Waals surface area contributed by atoms with Crippen molar-refractivity contribution in [2.45, 2.75) is 40.0 Å². The summed E-state index contributed by atoms with van der Waals surface area (Å²) < 4.78 is 0. The number of hydrogen-bond acceptors (Lipinski definition) is 1. The van der Waals surface area contributed by atoms with Gasteiger partial charge in [0, 0.05) is 5.57 Å². The number of aryl methyl sites for hydroxylation is 1. The standard InChI is InChI=1S/C15H15N.C2H6/c1-12-5-8-15(9-6-12)14-4-2-3-13(11-16)7-10-14;1-2/h5-10H,2-4H2,1H3;1-2H3. The summed E-state index contributed by atoms with van der Waals surface area (Å²) in [7, 11) is 0. The van der Waals surface area contributed by atoms with Crippen molar-refractivity contribution in [3.63, 3.8) is 0 Å². The van der Waals surface area contributed by atoms with Crippen molar-refractivity contribution in [2.24, 2.45) is 0 Å². The highest BCUT2D eigenvalue weighted by molar-refractivity contribution is 5.68. The molecule has 18 heavy (non-hydrogen) atoms. The first-order valence-corrected chi connectivity index (χ1v) is 6.66. The third kappa shape index (κ3) is 3.89. The second-order valence-corrected chi connectivity index (χ2v) is 4.22. The summed E-state index contributed by atoms with van der Waals surface area (Å²) in [6, 6.07) is 10.8. The number of nitrogens with zero attached hydrogens (tertiary/aromatic N) is 1. The highest BCUT2D eigenvalue weighted by Crippen LogP contribution is 2.25. The molecule has 0 radical (unpaired) electrons. The van der Waals surface area contributed by atoms with Gasteiger partial charge in [0.25, 0.3) is 0 Å². The molecule has 0 spiro atoms. The van der Waals surface area contributed by atoms with Crippen molar-refractivity contribution in [2.75, 3.05) is 0 Å². The van der Waals surface area contributed by atoms with Gasteiger partial charge in [0.05, 0.1) is 6.07 Å². The summed E-state index contributed by atoms with van der Waals surface area (Å²) >= 11 is 0. The molecule has 1 nitrogen and oxygen atoms in total. The molecule has 0 heterocycles. The molecule has 0 fully saturated rings. The fourth-order valence-electron chi connectivity index (χ4n) is 1.94. The maximum Gasteiger partial charge on any atom is 0.0947 e. The van der Waals surface area contributed by atoms with Crippen molar-refractivity contribution in [1.29, 1.82) is 5.26 Å². The van der Waals surface area contributed by atoms with Gasteiger partial charge >= 0.3 is 0 Å². The second kappa shape index (κ2) is 7.50. The van der Waals surface area contributed by atoms with Crippen molar-refractivity contribution >= 4 is 5.57 Å². The Bertz CT molecular complexity index is 469. The third-order valence-corrected chi connectivity index (χ3v) is 2.94. The zero-order chi connectivity index (χ0) is 13.4. The van der Waals surface area contributed by atoms with Crippen molar-refractivity contribution in [3.8, 4) is 6.07 Å². The Hall–Kier alpha value is -1.81. The fourth-order valence-corrected chi connectivity index (χ4v) is 1.94. The number of hydrogen-bond donors (Lipinski definition) is 0. The van der Waals surface area contributed by atoms with Crippen LogP contribution in [0.25, 0.3) is 5.57 Å².